The Morgan fingerprint density at radius 3 is 2.53 bits per heavy atom. The fourth-order valence-corrected chi connectivity index (χ4v) is 3.72. The Kier molecular flexibility index (Phi) is 6.19. The maximum atomic E-state index is 12.5. The molecule has 0 saturated heterocycles. The molecular formula is C21H21N7OS. The molecule has 9 heteroatoms. The molecule has 1 aliphatic heterocycles. The van der Waals surface area contributed by atoms with Gasteiger partial charge >= 0.3 is 0 Å². The van der Waals surface area contributed by atoms with Gasteiger partial charge in [-0.1, -0.05) is 48.5 Å². The Labute approximate surface area is 178 Å². The normalized spacial score (nSPS) is 13.2. The van der Waals surface area contributed by atoms with Crippen molar-refractivity contribution in [2.75, 3.05) is 23.3 Å². The highest BCUT2D eigenvalue weighted by molar-refractivity contribution is 7.99. The van der Waals surface area contributed by atoms with Crippen LogP contribution >= 0.6 is 11.8 Å². The largest absolute Gasteiger partial charge is 0.368 e. The van der Waals surface area contributed by atoms with Crippen molar-refractivity contribution in [3.8, 4) is 0 Å². The number of amides is 1. The molecule has 0 saturated carbocycles. The average molecular weight is 420 g/mol. The van der Waals surface area contributed by atoms with Crippen LogP contribution in [0.3, 0.4) is 0 Å². The van der Waals surface area contributed by atoms with Gasteiger partial charge in [-0.15, -0.1) is 11.8 Å². The van der Waals surface area contributed by atoms with Gasteiger partial charge in [0.05, 0.1) is 23.8 Å². The van der Waals surface area contributed by atoms with Gasteiger partial charge in [-0.05, 0) is 17.7 Å². The van der Waals surface area contributed by atoms with Gasteiger partial charge in [0.2, 0.25) is 11.9 Å². The zero-order valence-corrected chi connectivity index (χ0v) is 17.0. The summed E-state index contributed by atoms with van der Waals surface area (Å²) in [5.41, 5.74) is 8.67. The molecule has 0 fully saturated rings. The lowest BCUT2D eigenvalue weighted by molar-refractivity contribution is -0.127. The molecule has 0 unspecified atom stereocenters. The first-order valence-electron chi connectivity index (χ1n) is 9.51. The lowest BCUT2D eigenvalue weighted by Gasteiger charge is -2.11. The topological polar surface area (TPSA) is 109 Å². The zero-order chi connectivity index (χ0) is 20.8. The van der Waals surface area contributed by atoms with Crippen LogP contribution in [-0.2, 0) is 10.5 Å². The Morgan fingerprint density at radius 2 is 1.77 bits per heavy atom. The van der Waals surface area contributed by atoms with Crippen molar-refractivity contribution in [3.63, 3.8) is 0 Å². The molecule has 1 aromatic heterocycles. The smallest absolute Gasteiger partial charge is 0.252 e. The van der Waals surface area contributed by atoms with Crippen molar-refractivity contribution in [1.82, 2.24) is 20.0 Å². The van der Waals surface area contributed by atoms with E-state index in [0.717, 1.165) is 23.4 Å². The van der Waals surface area contributed by atoms with E-state index in [2.05, 4.69) is 25.4 Å². The summed E-state index contributed by atoms with van der Waals surface area (Å²) in [7, 11) is 0. The van der Waals surface area contributed by atoms with Crippen molar-refractivity contribution in [2.24, 2.45) is 5.10 Å². The molecule has 30 heavy (non-hydrogen) atoms. The second-order valence-electron chi connectivity index (χ2n) is 6.60. The molecule has 0 aliphatic carbocycles. The number of nitrogens with one attached hydrogen (secondary N) is 1. The lowest BCUT2D eigenvalue weighted by atomic mass is 10.1. The van der Waals surface area contributed by atoms with Crippen LogP contribution in [-0.4, -0.2) is 43.9 Å². The minimum absolute atomic E-state index is 0.0319. The van der Waals surface area contributed by atoms with E-state index in [9.17, 15) is 4.79 Å². The molecule has 1 aliphatic rings. The summed E-state index contributed by atoms with van der Waals surface area (Å²) in [4.78, 5) is 25.2. The second-order valence-corrected chi connectivity index (χ2v) is 7.58. The van der Waals surface area contributed by atoms with Crippen molar-refractivity contribution in [1.29, 1.82) is 0 Å². The summed E-state index contributed by atoms with van der Waals surface area (Å²) in [6, 6.07) is 19.5. The number of thioether (sulfide) groups is 1. The second kappa shape index (κ2) is 9.36. The minimum Gasteiger partial charge on any atom is -0.368 e. The van der Waals surface area contributed by atoms with Crippen LogP contribution in [0.2, 0.25) is 0 Å². The fraction of sp³-hybridized carbons (Fsp3) is 0.190. The number of nitrogens with two attached hydrogens (primary N) is 1. The molecule has 3 N–H and O–H groups in total. The highest BCUT2D eigenvalue weighted by Crippen LogP contribution is 2.18. The molecule has 0 radical (unpaired) electrons. The number of carbonyl (C=O) groups excluding carboxylic acids is 1. The van der Waals surface area contributed by atoms with E-state index in [4.69, 9.17) is 5.73 Å². The van der Waals surface area contributed by atoms with Gasteiger partial charge in [-0.25, -0.2) is 5.01 Å². The van der Waals surface area contributed by atoms with E-state index in [-0.39, 0.29) is 11.9 Å². The molecular weight excluding hydrogens is 398 g/mol. The third-order valence-corrected chi connectivity index (χ3v) is 5.30. The number of hydrogen-bond donors (Lipinski definition) is 2. The number of anilines is 3. The predicted octanol–water partition coefficient (Wildman–Crippen LogP) is 3.07. The number of rotatable bonds is 7. The standard InChI is InChI=1S/C21H21N7OS/c22-20-24-18(25-21(26-20)23-16-9-5-2-6-10-16)13-30-14-19(29)28-12-11-17(27-28)15-7-3-1-4-8-15/h1-10H,11-14H2,(H3,22,23,24,25,26). The fourth-order valence-electron chi connectivity index (χ4n) is 2.98. The molecule has 3 aromatic rings. The lowest BCUT2D eigenvalue weighted by Crippen LogP contribution is -2.25. The SMILES string of the molecule is Nc1nc(CSCC(=O)N2CCC(c3ccccc3)=N2)nc(Nc2ccccc2)n1. The third-order valence-electron chi connectivity index (χ3n) is 4.38. The molecule has 0 atom stereocenters. The van der Waals surface area contributed by atoms with Crippen LogP contribution < -0.4 is 11.1 Å². The van der Waals surface area contributed by atoms with E-state index in [0.29, 0.717) is 29.8 Å². The quantitative estimate of drug-likeness (QED) is 0.606. The van der Waals surface area contributed by atoms with Gasteiger partial charge in [-0.2, -0.15) is 20.1 Å². The van der Waals surface area contributed by atoms with E-state index in [1.807, 2.05) is 60.7 Å². The van der Waals surface area contributed by atoms with Gasteiger partial charge in [0, 0.05) is 12.1 Å². The molecule has 152 valence electrons. The van der Waals surface area contributed by atoms with Crippen LogP contribution in [0, 0.1) is 0 Å². The number of benzene rings is 2. The van der Waals surface area contributed by atoms with Crippen molar-refractivity contribution >= 4 is 41.0 Å². The Morgan fingerprint density at radius 1 is 1.03 bits per heavy atom. The molecule has 8 nitrogen and oxygen atoms in total. The first-order chi connectivity index (χ1) is 14.7. The first-order valence-corrected chi connectivity index (χ1v) is 10.7. The van der Waals surface area contributed by atoms with Gasteiger partial charge < -0.3 is 11.1 Å². The van der Waals surface area contributed by atoms with Crippen LogP contribution in [0.1, 0.15) is 17.8 Å². The molecule has 2 heterocycles. The van der Waals surface area contributed by atoms with Gasteiger partial charge in [0.15, 0.2) is 0 Å². The number of nitrogens with zero attached hydrogens (tertiary/aromatic N) is 5. The van der Waals surface area contributed by atoms with E-state index in [1.165, 1.54) is 11.8 Å². The number of nitrogen functional groups attached to an aromatic ring is 1. The van der Waals surface area contributed by atoms with Gasteiger partial charge in [0.1, 0.15) is 5.82 Å². The van der Waals surface area contributed by atoms with E-state index in [1.54, 1.807) is 5.01 Å². The van der Waals surface area contributed by atoms with E-state index >= 15 is 0 Å². The Balaban J connectivity index is 1.32. The third kappa shape index (κ3) is 5.12. The van der Waals surface area contributed by atoms with Crippen LogP contribution in [0.4, 0.5) is 17.6 Å². The van der Waals surface area contributed by atoms with Crippen LogP contribution in [0.5, 0.6) is 0 Å². The summed E-state index contributed by atoms with van der Waals surface area (Å²) in [5, 5.41) is 9.12. The van der Waals surface area contributed by atoms with Crippen LogP contribution in [0.25, 0.3) is 0 Å². The van der Waals surface area contributed by atoms with Crippen molar-refractivity contribution in [3.05, 3.63) is 72.1 Å². The van der Waals surface area contributed by atoms with Crippen LogP contribution in [0.15, 0.2) is 65.8 Å². The summed E-state index contributed by atoms with van der Waals surface area (Å²) in [5.74, 6) is 1.75. The predicted molar refractivity (Wildman–Crippen MR) is 119 cm³/mol. The maximum Gasteiger partial charge on any atom is 0.252 e. The summed E-state index contributed by atoms with van der Waals surface area (Å²) < 4.78 is 0. The first kappa shape index (κ1) is 19.8. The molecule has 0 bridgehead atoms. The number of carbonyl (C=O) groups is 1. The Bertz CT molecular complexity index is 1040. The number of hydrogen-bond acceptors (Lipinski definition) is 8. The molecule has 4 rings (SSSR count). The maximum absolute atomic E-state index is 12.5. The van der Waals surface area contributed by atoms with Gasteiger partial charge in [0.25, 0.3) is 5.91 Å². The van der Waals surface area contributed by atoms with Crippen molar-refractivity contribution in [2.45, 2.75) is 12.2 Å². The van der Waals surface area contributed by atoms with Crippen molar-refractivity contribution < 1.29 is 4.79 Å². The van der Waals surface area contributed by atoms with E-state index < -0.39 is 0 Å². The number of para-hydroxylation sites is 1. The molecule has 0 spiro atoms. The minimum atomic E-state index is -0.0319. The zero-order valence-electron chi connectivity index (χ0n) is 16.2. The van der Waals surface area contributed by atoms with Gasteiger partial charge in [-0.3, -0.25) is 4.79 Å². The number of hydrazone groups is 1. The molecule has 1 amide bonds. The summed E-state index contributed by atoms with van der Waals surface area (Å²) >= 11 is 1.43. The number of aromatic nitrogens is 3. The average Bonchev–Trinajstić information content (AvgIpc) is 3.25. The highest BCUT2D eigenvalue weighted by Gasteiger charge is 2.21. The monoisotopic (exact) mass is 419 g/mol. The Hall–Kier alpha value is -3.46. The molecule has 2 aromatic carbocycles. The summed E-state index contributed by atoms with van der Waals surface area (Å²) in [6.07, 6.45) is 0.763. The summed E-state index contributed by atoms with van der Waals surface area (Å²) in [6.45, 7) is 0.605. The highest BCUT2D eigenvalue weighted by atomic mass is 32.2.